The summed E-state index contributed by atoms with van der Waals surface area (Å²) < 4.78 is 0. The maximum atomic E-state index is 12.1. The Balaban J connectivity index is 2.83. The van der Waals surface area contributed by atoms with Crippen LogP contribution in [0.3, 0.4) is 0 Å². The summed E-state index contributed by atoms with van der Waals surface area (Å²) in [6.07, 6.45) is 2.87. The first-order valence-corrected chi connectivity index (χ1v) is 6.18. The van der Waals surface area contributed by atoms with E-state index < -0.39 is 0 Å². The van der Waals surface area contributed by atoms with Gasteiger partial charge in [-0.2, -0.15) is 0 Å². The maximum absolute atomic E-state index is 12.1. The quantitative estimate of drug-likeness (QED) is 0.673. The Bertz CT molecular complexity index is 362. The van der Waals surface area contributed by atoms with Gasteiger partial charge < -0.3 is 0 Å². The Kier molecular flexibility index (Phi) is 4.72. The smallest absolute Gasteiger partial charge is 0.163 e. The topological polar surface area (TPSA) is 17.1 Å². The average molecular weight is 218 g/mol. The summed E-state index contributed by atoms with van der Waals surface area (Å²) in [5.41, 5.74) is 3.17. The summed E-state index contributed by atoms with van der Waals surface area (Å²) in [4.78, 5) is 12.1. The lowest BCUT2D eigenvalue weighted by Gasteiger charge is -2.12. The van der Waals surface area contributed by atoms with Crippen molar-refractivity contribution >= 4 is 5.78 Å². The van der Waals surface area contributed by atoms with Crippen LogP contribution >= 0.6 is 0 Å². The van der Waals surface area contributed by atoms with Crippen molar-refractivity contribution in [1.82, 2.24) is 0 Å². The highest BCUT2D eigenvalue weighted by Crippen LogP contribution is 2.19. The summed E-state index contributed by atoms with van der Waals surface area (Å²) in [6, 6.07) is 6.11. The number of Topliss-reactive ketones (excluding diaryl/α,β-unsaturated/α-hetero) is 1. The summed E-state index contributed by atoms with van der Waals surface area (Å²) in [6.45, 7) is 8.36. The molecule has 0 aromatic heterocycles. The van der Waals surface area contributed by atoms with E-state index in [2.05, 4.69) is 19.9 Å². The molecule has 1 aromatic carbocycles. The van der Waals surface area contributed by atoms with Gasteiger partial charge in [-0.15, -0.1) is 0 Å². The maximum Gasteiger partial charge on any atom is 0.163 e. The number of hydrogen-bond acceptors (Lipinski definition) is 1. The molecule has 0 aliphatic heterocycles. The van der Waals surface area contributed by atoms with Crippen molar-refractivity contribution in [3.8, 4) is 0 Å². The van der Waals surface area contributed by atoms with Crippen LogP contribution in [0, 0.1) is 19.8 Å². The van der Waals surface area contributed by atoms with Crippen molar-refractivity contribution in [2.75, 3.05) is 0 Å². The van der Waals surface area contributed by atoms with Crippen molar-refractivity contribution in [3.63, 3.8) is 0 Å². The minimum absolute atomic E-state index is 0.301. The molecule has 0 aliphatic rings. The van der Waals surface area contributed by atoms with Gasteiger partial charge in [-0.3, -0.25) is 4.79 Å². The van der Waals surface area contributed by atoms with E-state index >= 15 is 0 Å². The molecule has 0 saturated heterocycles. The van der Waals surface area contributed by atoms with Crippen LogP contribution in [0.5, 0.6) is 0 Å². The second-order valence-corrected chi connectivity index (χ2v) is 4.63. The highest BCUT2D eigenvalue weighted by Gasteiger charge is 2.14. The van der Waals surface area contributed by atoms with Crippen molar-refractivity contribution in [3.05, 3.63) is 34.9 Å². The molecule has 0 saturated carbocycles. The van der Waals surface area contributed by atoms with Gasteiger partial charge in [0.15, 0.2) is 5.78 Å². The third-order valence-corrected chi connectivity index (χ3v) is 3.32. The normalized spacial score (nSPS) is 10.8. The van der Waals surface area contributed by atoms with Crippen LogP contribution < -0.4 is 0 Å². The van der Waals surface area contributed by atoms with Crippen molar-refractivity contribution in [1.29, 1.82) is 0 Å². The van der Waals surface area contributed by atoms with Gasteiger partial charge >= 0.3 is 0 Å². The number of aryl methyl sites for hydroxylation is 2. The first-order valence-electron chi connectivity index (χ1n) is 6.18. The lowest BCUT2D eigenvalue weighted by Crippen LogP contribution is -2.09. The van der Waals surface area contributed by atoms with Crippen LogP contribution in [0.15, 0.2) is 18.2 Å². The molecule has 1 aromatic rings. The van der Waals surface area contributed by atoms with Crippen LogP contribution in [0.1, 0.15) is 54.6 Å². The molecule has 1 rings (SSSR count). The van der Waals surface area contributed by atoms with E-state index in [1.165, 1.54) is 5.56 Å². The van der Waals surface area contributed by atoms with Gasteiger partial charge in [-0.25, -0.2) is 0 Å². The zero-order valence-corrected chi connectivity index (χ0v) is 10.8. The fourth-order valence-corrected chi connectivity index (χ4v) is 1.99. The molecule has 0 amide bonds. The summed E-state index contributed by atoms with van der Waals surface area (Å²) in [5, 5.41) is 0. The van der Waals surface area contributed by atoms with Gasteiger partial charge in [0, 0.05) is 12.0 Å². The molecule has 1 heteroatoms. The molecule has 88 valence electrons. The molecule has 0 unspecified atom stereocenters. The molecule has 0 bridgehead atoms. The molecule has 0 fully saturated rings. The van der Waals surface area contributed by atoms with Crippen molar-refractivity contribution in [2.24, 2.45) is 5.92 Å². The molecular weight excluding hydrogens is 196 g/mol. The summed E-state index contributed by atoms with van der Waals surface area (Å²) in [5.74, 6) is 0.835. The molecule has 0 spiro atoms. The molecule has 0 atom stereocenters. The Morgan fingerprint density at radius 1 is 1.19 bits per heavy atom. The summed E-state index contributed by atoms with van der Waals surface area (Å²) >= 11 is 0. The van der Waals surface area contributed by atoms with Crippen LogP contribution in [-0.4, -0.2) is 5.78 Å². The molecule has 0 radical (unpaired) electrons. The van der Waals surface area contributed by atoms with Gasteiger partial charge in [0.05, 0.1) is 0 Å². The number of ketones is 1. The molecule has 0 heterocycles. The zero-order valence-electron chi connectivity index (χ0n) is 10.8. The van der Waals surface area contributed by atoms with Crippen LogP contribution in [-0.2, 0) is 0 Å². The first kappa shape index (κ1) is 13.0. The van der Waals surface area contributed by atoms with Crippen molar-refractivity contribution < 1.29 is 4.79 Å². The van der Waals surface area contributed by atoms with Gasteiger partial charge in [-0.05, 0) is 31.4 Å². The third kappa shape index (κ3) is 3.19. The average Bonchev–Trinajstić information content (AvgIpc) is 2.28. The molecule has 1 nitrogen and oxygen atoms in total. The van der Waals surface area contributed by atoms with Gasteiger partial charge in [0.25, 0.3) is 0 Å². The van der Waals surface area contributed by atoms with E-state index in [0.717, 1.165) is 24.0 Å². The van der Waals surface area contributed by atoms with E-state index in [9.17, 15) is 4.79 Å². The molecular formula is C15H22O. The van der Waals surface area contributed by atoms with Crippen LogP contribution in [0.4, 0.5) is 0 Å². The number of carbonyl (C=O) groups excluding carboxylic acids is 1. The Labute approximate surface area is 98.9 Å². The number of hydrogen-bond donors (Lipinski definition) is 0. The molecule has 0 aliphatic carbocycles. The molecule has 0 N–H and O–H groups in total. The molecule has 16 heavy (non-hydrogen) atoms. The van der Waals surface area contributed by atoms with Gasteiger partial charge in [-0.1, -0.05) is 44.4 Å². The minimum atomic E-state index is 0.301. The van der Waals surface area contributed by atoms with E-state index in [1.54, 1.807) is 0 Å². The highest BCUT2D eigenvalue weighted by molar-refractivity contribution is 5.97. The van der Waals surface area contributed by atoms with Crippen molar-refractivity contribution in [2.45, 2.75) is 47.0 Å². The number of benzene rings is 1. The Hall–Kier alpha value is -1.11. The minimum Gasteiger partial charge on any atom is -0.294 e. The number of rotatable bonds is 5. The zero-order chi connectivity index (χ0) is 12.1. The van der Waals surface area contributed by atoms with E-state index in [1.807, 2.05) is 26.0 Å². The second kappa shape index (κ2) is 5.83. The monoisotopic (exact) mass is 218 g/mol. The third-order valence-electron chi connectivity index (χ3n) is 3.32. The van der Waals surface area contributed by atoms with Gasteiger partial charge in [0.1, 0.15) is 0 Å². The predicted molar refractivity (Wildman–Crippen MR) is 68.9 cm³/mol. The van der Waals surface area contributed by atoms with Crippen LogP contribution in [0.25, 0.3) is 0 Å². The largest absolute Gasteiger partial charge is 0.294 e. The Morgan fingerprint density at radius 2 is 1.81 bits per heavy atom. The van der Waals surface area contributed by atoms with E-state index in [0.29, 0.717) is 18.1 Å². The van der Waals surface area contributed by atoms with E-state index in [4.69, 9.17) is 0 Å². The summed E-state index contributed by atoms with van der Waals surface area (Å²) in [7, 11) is 0. The van der Waals surface area contributed by atoms with Gasteiger partial charge in [0.2, 0.25) is 0 Å². The number of carbonyl (C=O) groups is 1. The Morgan fingerprint density at radius 3 is 2.38 bits per heavy atom. The SMILES string of the molecule is CCC(CC)CC(=O)c1cc(C)ccc1C. The lowest BCUT2D eigenvalue weighted by atomic mass is 9.92. The first-order chi connectivity index (χ1) is 7.58. The fraction of sp³-hybridized carbons (Fsp3) is 0.533. The standard InChI is InChI=1S/C15H22O/c1-5-13(6-2)10-15(16)14-9-11(3)7-8-12(14)4/h7-9,13H,5-6,10H2,1-4H3. The lowest BCUT2D eigenvalue weighted by molar-refractivity contribution is 0.0958. The predicted octanol–water partition coefficient (Wildman–Crippen LogP) is 4.31. The van der Waals surface area contributed by atoms with E-state index in [-0.39, 0.29) is 0 Å². The second-order valence-electron chi connectivity index (χ2n) is 4.63. The highest BCUT2D eigenvalue weighted by atomic mass is 16.1. The fourth-order valence-electron chi connectivity index (χ4n) is 1.99. The van der Waals surface area contributed by atoms with Crippen LogP contribution in [0.2, 0.25) is 0 Å².